The lowest BCUT2D eigenvalue weighted by atomic mass is 10.1. The zero-order valence-corrected chi connectivity index (χ0v) is 13.1. The Balaban J connectivity index is 2.09. The number of rotatable bonds is 7. The molecule has 4 nitrogen and oxygen atoms in total. The number of thiophene rings is 1. The molecule has 20 heavy (non-hydrogen) atoms. The van der Waals surface area contributed by atoms with Crippen LogP contribution in [0.1, 0.15) is 37.5 Å². The van der Waals surface area contributed by atoms with Crippen molar-refractivity contribution in [2.75, 3.05) is 0 Å². The van der Waals surface area contributed by atoms with Crippen LogP contribution in [0.5, 0.6) is 5.75 Å². The minimum Gasteiger partial charge on any atom is -0.371 e. The lowest BCUT2D eigenvalue weighted by Gasteiger charge is -2.01. The quantitative estimate of drug-likeness (QED) is 0.794. The van der Waals surface area contributed by atoms with E-state index in [1.54, 1.807) is 23.5 Å². The highest BCUT2D eigenvalue weighted by Crippen LogP contribution is 2.30. The molecule has 0 saturated heterocycles. The Kier molecular flexibility index (Phi) is 5.01. The van der Waals surface area contributed by atoms with Crippen LogP contribution < -0.4 is 9.32 Å². The molecule has 0 spiro atoms. The van der Waals surface area contributed by atoms with Crippen LogP contribution in [0.3, 0.4) is 0 Å². The molecule has 0 amide bonds. The fourth-order valence-electron chi connectivity index (χ4n) is 2.10. The summed E-state index contributed by atoms with van der Waals surface area (Å²) in [6.07, 6.45) is 6.04. The topological polar surface area (TPSA) is 69.4 Å². The third kappa shape index (κ3) is 4.47. The van der Waals surface area contributed by atoms with E-state index in [1.807, 2.05) is 6.07 Å². The number of hydrogen-bond acceptors (Lipinski definition) is 4. The Morgan fingerprint density at radius 3 is 2.70 bits per heavy atom. The largest absolute Gasteiger partial charge is 0.380 e. The van der Waals surface area contributed by atoms with Gasteiger partial charge in [0.05, 0.1) is 0 Å². The van der Waals surface area contributed by atoms with Gasteiger partial charge in [0.15, 0.2) is 0 Å². The van der Waals surface area contributed by atoms with Crippen molar-refractivity contribution in [2.24, 2.45) is 5.14 Å². The van der Waals surface area contributed by atoms with Crippen LogP contribution in [0.15, 0.2) is 24.3 Å². The molecule has 0 unspecified atom stereocenters. The van der Waals surface area contributed by atoms with E-state index < -0.39 is 10.3 Å². The van der Waals surface area contributed by atoms with Crippen LogP contribution in [0.25, 0.3) is 10.1 Å². The third-order valence-electron chi connectivity index (χ3n) is 3.03. The Morgan fingerprint density at radius 2 is 2.00 bits per heavy atom. The van der Waals surface area contributed by atoms with Gasteiger partial charge in [0, 0.05) is 9.58 Å². The number of hydrogen-bond donors (Lipinski definition) is 1. The second-order valence-electron chi connectivity index (χ2n) is 4.80. The maximum absolute atomic E-state index is 10.9. The first-order chi connectivity index (χ1) is 9.48. The smallest absolute Gasteiger partial charge is 0.371 e. The van der Waals surface area contributed by atoms with Crippen molar-refractivity contribution in [2.45, 2.75) is 39.0 Å². The number of nitrogens with two attached hydrogens (primary N) is 1. The number of benzene rings is 1. The van der Waals surface area contributed by atoms with Gasteiger partial charge in [-0.05, 0) is 42.5 Å². The molecule has 2 aromatic rings. The second kappa shape index (κ2) is 6.56. The lowest BCUT2D eigenvalue weighted by Crippen LogP contribution is -2.18. The summed E-state index contributed by atoms with van der Waals surface area (Å²) in [5.41, 5.74) is 0. The maximum atomic E-state index is 10.9. The molecular formula is C14H19NO3S2. The van der Waals surface area contributed by atoms with Gasteiger partial charge in [-0.1, -0.05) is 26.2 Å². The van der Waals surface area contributed by atoms with Crippen molar-refractivity contribution in [3.8, 4) is 5.75 Å². The highest BCUT2D eigenvalue weighted by Gasteiger charge is 2.08. The Labute approximate surface area is 123 Å². The van der Waals surface area contributed by atoms with E-state index in [0.29, 0.717) is 0 Å². The summed E-state index contributed by atoms with van der Waals surface area (Å²) in [7, 11) is -3.95. The summed E-state index contributed by atoms with van der Waals surface area (Å²) in [6.45, 7) is 2.20. The van der Waals surface area contributed by atoms with Crippen molar-refractivity contribution in [1.29, 1.82) is 0 Å². The van der Waals surface area contributed by atoms with Gasteiger partial charge < -0.3 is 4.18 Å². The summed E-state index contributed by atoms with van der Waals surface area (Å²) in [5.74, 6) is 0.263. The molecule has 2 rings (SSSR count). The van der Waals surface area contributed by atoms with Crippen LogP contribution in [0, 0.1) is 0 Å². The molecule has 1 heterocycles. The number of unbranched alkanes of at least 4 members (excludes halogenated alkanes) is 3. The van der Waals surface area contributed by atoms with Gasteiger partial charge >= 0.3 is 10.3 Å². The first-order valence-corrected chi connectivity index (χ1v) is 9.01. The van der Waals surface area contributed by atoms with Crippen molar-refractivity contribution in [3.63, 3.8) is 0 Å². The van der Waals surface area contributed by atoms with Gasteiger partial charge in [-0.2, -0.15) is 13.6 Å². The molecule has 0 aliphatic heterocycles. The highest BCUT2D eigenvalue weighted by molar-refractivity contribution is 7.84. The zero-order chi connectivity index (χ0) is 14.6. The summed E-state index contributed by atoms with van der Waals surface area (Å²) in [4.78, 5) is 1.32. The summed E-state index contributed by atoms with van der Waals surface area (Å²) >= 11 is 1.68. The molecule has 1 aromatic carbocycles. The van der Waals surface area contributed by atoms with Crippen LogP contribution in [0.2, 0.25) is 0 Å². The highest BCUT2D eigenvalue weighted by atomic mass is 32.2. The molecule has 1 aromatic heterocycles. The normalized spacial score (nSPS) is 11.9. The fourth-order valence-corrected chi connectivity index (χ4v) is 3.61. The molecule has 0 bridgehead atoms. The van der Waals surface area contributed by atoms with Gasteiger partial charge in [-0.3, -0.25) is 0 Å². The standard InChI is InChI=1S/C14H19NO3S2/c1-2-3-4-5-6-13-9-11-7-8-12(10-14(11)19-13)18-20(15,16)17/h7-10H,2-6H2,1H3,(H2,15,16,17). The van der Waals surface area contributed by atoms with Gasteiger partial charge in [-0.15, -0.1) is 11.3 Å². The van der Waals surface area contributed by atoms with Gasteiger partial charge in [-0.25, -0.2) is 0 Å². The molecular weight excluding hydrogens is 294 g/mol. The average Bonchev–Trinajstić information content (AvgIpc) is 2.74. The van der Waals surface area contributed by atoms with E-state index >= 15 is 0 Å². The minimum atomic E-state index is -3.95. The first-order valence-electron chi connectivity index (χ1n) is 6.72. The second-order valence-corrected chi connectivity index (χ2v) is 7.12. The predicted molar refractivity (Wildman–Crippen MR) is 83.4 cm³/mol. The van der Waals surface area contributed by atoms with Crippen molar-refractivity contribution in [1.82, 2.24) is 0 Å². The molecule has 110 valence electrons. The van der Waals surface area contributed by atoms with E-state index in [4.69, 9.17) is 5.14 Å². The van der Waals surface area contributed by atoms with Crippen LogP contribution >= 0.6 is 11.3 Å². The van der Waals surface area contributed by atoms with E-state index in [1.165, 1.54) is 30.6 Å². The Morgan fingerprint density at radius 1 is 1.20 bits per heavy atom. The molecule has 2 N–H and O–H groups in total. The minimum absolute atomic E-state index is 0.263. The van der Waals surface area contributed by atoms with Gasteiger partial charge in [0.25, 0.3) is 0 Å². The third-order valence-corrected chi connectivity index (χ3v) is 4.61. The molecule has 0 atom stereocenters. The summed E-state index contributed by atoms with van der Waals surface area (Å²) in [5, 5.41) is 5.98. The van der Waals surface area contributed by atoms with Crippen molar-refractivity contribution >= 4 is 31.7 Å². The molecule has 0 radical (unpaired) electrons. The fraction of sp³-hybridized carbons (Fsp3) is 0.429. The number of fused-ring (bicyclic) bond motifs is 1. The first kappa shape index (κ1) is 15.3. The molecule has 0 aliphatic carbocycles. The van der Waals surface area contributed by atoms with Crippen molar-refractivity contribution < 1.29 is 12.6 Å². The molecule has 0 aliphatic rings. The van der Waals surface area contributed by atoms with Crippen LogP contribution in [-0.2, 0) is 16.7 Å². The van der Waals surface area contributed by atoms with E-state index in [0.717, 1.165) is 16.5 Å². The number of aryl methyl sites for hydroxylation is 1. The Hall–Kier alpha value is -1.11. The molecule has 6 heteroatoms. The molecule has 0 fully saturated rings. The predicted octanol–water partition coefficient (Wildman–Crippen LogP) is 3.61. The summed E-state index contributed by atoms with van der Waals surface area (Å²) < 4.78 is 27.5. The van der Waals surface area contributed by atoms with E-state index in [-0.39, 0.29) is 5.75 Å². The monoisotopic (exact) mass is 313 g/mol. The average molecular weight is 313 g/mol. The Bertz CT molecular complexity index is 677. The lowest BCUT2D eigenvalue weighted by molar-refractivity contribution is 0.488. The van der Waals surface area contributed by atoms with E-state index in [9.17, 15) is 8.42 Å². The van der Waals surface area contributed by atoms with Gasteiger partial charge in [0.1, 0.15) is 5.75 Å². The molecule has 0 saturated carbocycles. The maximum Gasteiger partial charge on any atom is 0.380 e. The zero-order valence-electron chi connectivity index (χ0n) is 11.5. The van der Waals surface area contributed by atoms with Crippen LogP contribution in [-0.4, -0.2) is 8.42 Å². The van der Waals surface area contributed by atoms with Crippen LogP contribution in [0.4, 0.5) is 0 Å². The summed E-state index contributed by atoms with van der Waals surface area (Å²) in [6, 6.07) is 7.37. The van der Waals surface area contributed by atoms with Crippen molar-refractivity contribution in [3.05, 3.63) is 29.1 Å². The van der Waals surface area contributed by atoms with E-state index in [2.05, 4.69) is 17.2 Å². The van der Waals surface area contributed by atoms with Gasteiger partial charge in [0.2, 0.25) is 0 Å². The SMILES string of the molecule is CCCCCCc1cc2ccc(OS(N)(=O)=O)cc2s1.